The molecule has 0 aromatic heterocycles. The van der Waals surface area contributed by atoms with Gasteiger partial charge < -0.3 is 19.8 Å². The molecule has 5 rings (SSSR count). The number of fused-ring (bicyclic) bond motifs is 1. The standard InChI is InChI=1S/C34H46BrN3O4S/c1-3-19-36(24-15-9-7-10-16-24)31(40)27-28-32(41)38(21-13-5-6-14-22-39)30(34(28)23-26(35)29(27)43-34)33(42)37(20-4-2)25-17-11-8-12-18-25/h3-4,7,9-10,15-16,25-30,39H,1-2,5-6,8,11-14,17-23H2/t26?,27-,28-,29-,30?,34?/m0/s1. The molecule has 1 saturated carbocycles. The number of nitrogens with zero attached hydrogens (tertiary/aromatic N) is 3. The Kier molecular flexibility index (Phi) is 10.8. The van der Waals surface area contributed by atoms with Gasteiger partial charge in [0.05, 0.1) is 16.6 Å². The second kappa shape index (κ2) is 14.3. The van der Waals surface area contributed by atoms with Crippen LogP contribution in [-0.2, 0) is 14.4 Å². The molecule has 1 aliphatic carbocycles. The van der Waals surface area contributed by atoms with Crippen molar-refractivity contribution in [2.24, 2.45) is 11.8 Å². The Bertz CT molecular complexity index is 1180. The maximum absolute atomic E-state index is 14.8. The highest BCUT2D eigenvalue weighted by atomic mass is 79.9. The number of rotatable bonds is 14. The summed E-state index contributed by atoms with van der Waals surface area (Å²) in [7, 11) is 0. The van der Waals surface area contributed by atoms with Crippen LogP contribution in [0, 0.1) is 11.8 Å². The molecule has 7 nitrogen and oxygen atoms in total. The zero-order valence-electron chi connectivity index (χ0n) is 25.1. The third-order valence-corrected chi connectivity index (χ3v) is 13.1. The van der Waals surface area contributed by atoms with Crippen LogP contribution in [0.4, 0.5) is 5.69 Å². The molecule has 3 amide bonds. The Morgan fingerprint density at radius 2 is 1.72 bits per heavy atom. The van der Waals surface area contributed by atoms with Crippen LogP contribution >= 0.6 is 27.7 Å². The predicted octanol–water partition coefficient (Wildman–Crippen LogP) is 5.57. The van der Waals surface area contributed by atoms with Gasteiger partial charge in [-0.05, 0) is 44.2 Å². The molecule has 1 aromatic carbocycles. The van der Waals surface area contributed by atoms with Gasteiger partial charge >= 0.3 is 0 Å². The van der Waals surface area contributed by atoms with Gasteiger partial charge in [-0.3, -0.25) is 14.4 Å². The number of benzene rings is 1. The number of alkyl halides is 1. The molecule has 0 radical (unpaired) electrons. The highest BCUT2D eigenvalue weighted by Gasteiger charge is 2.76. The average molecular weight is 673 g/mol. The van der Waals surface area contributed by atoms with Crippen molar-refractivity contribution in [3.63, 3.8) is 0 Å². The van der Waals surface area contributed by atoms with E-state index in [1.165, 1.54) is 6.42 Å². The third-order valence-electron chi connectivity index (χ3n) is 9.89. The van der Waals surface area contributed by atoms with Gasteiger partial charge in [-0.1, -0.05) is 78.4 Å². The number of aliphatic hydroxyl groups is 1. The summed E-state index contributed by atoms with van der Waals surface area (Å²) in [5.41, 5.74) is 0.786. The summed E-state index contributed by atoms with van der Waals surface area (Å²) in [6.45, 7) is 9.34. The number of likely N-dealkylation sites (tertiary alicyclic amines) is 1. The topological polar surface area (TPSA) is 81.2 Å². The molecule has 4 fully saturated rings. The van der Waals surface area contributed by atoms with Gasteiger partial charge in [0.2, 0.25) is 17.7 Å². The van der Waals surface area contributed by atoms with Crippen LogP contribution in [0.15, 0.2) is 55.6 Å². The molecule has 3 saturated heterocycles. The third kappa shape index (κ3) is 6.10. The molecule has 3 heterocycles. The molecule has 4 aliphatic rings. The zero-order chi connectivity index (χ0) is 30.6. The van der Waals surface area contributed by atoms with Crippen LogP contribution < -0.4 is 4.90 Å². The number of unbranched alkanes of at least 4 members (excludes halogenated alkanes) is 3. The Morgan fingerprint density at radius 1 is 1.02 bits per heavy atom. The number of hydrogen-bond acceptors (Lipinski definition) is 5. The average Bonchev–Trinajstić information content (AvgIpc) is 3.62. The van der Waals surface area contributed by atoms with E-state index in [-0.39, 0.29) is 40.4 Å². The summed E-state index contributed by atoms with van der Waals surface area (Å²) in [6, 6.07) is 9.13. The molecule has 9 heteroatoms. The van der Waals surface area contributed by atoms with Crippen LogP contribution in [0.3, 0.4) is 0 Å². The number of amides is 3. The second-order valence-electron chi connectivity index (χ2n) is 12.5. The molecule has 2 bridgehead atoms. The van der Waals surface area contributed by atoms with Crippen LogP contribution in [0.1, 0.15) is 64.2 Å². The van der Waals surface area contributed by atoms with E-state index in [0.29, 0.717) is 26.1 Å². The lowest BCUT2D eigenvalue weighted by molar-refractivity contribution is -0.144. The first kappa shape index (κ1) is 32.3. The van der Waals surface area contributed by atoms with Gasteiger partial charge in [-0.25, -0.2) is 0 Å². The molecular formula is C34H46BrN3O4S. The van der Waals surface area contributed by atoms with Crippen molar-refractivity contribution in [2.75, 3.05) is 31.1 Å². The molecule has 234 valence electrons. The van der Waals surface area contributed by atoms with Gasteiger partial charge in [0.1, 0.15) is 6.04 Å². The summed E-state index contributed by atoms with van der Waals surface area (Å²) < 4.78 is -0.664. The van der Waals surface area contributed by atoms with E-state index in [1.807, 2.05) is 46.2 Å². The highest BCUT2D eigenvalue weighted by molar-refractivity contribution is 9.09. The molecule has 43 heavy (non-hydrogen) atoms. The van der Waals surface area contributed by atoms with E-state index in [0.717, 1.165) is 57.1 Å². The van der Waals surface area contributed by atoms with Crippen LogP contribution in [0.5, 0.6) is 0 Å². The normalized spacial score (nSPS) is 29.9. The number of anilines is 1. The van der Waals surface area contributed by atoms with Crippen LogP contribution in [-0.4, -0.2) is 85.8 Å². The zero-order valence-corrected chi connectivity index (χ0v) is 27.5. The highest BCUT2D eigenvalue weighted by Crippen LogP contribution is 2.68. The van der Waals surface area contributed by atoms with E-state index in [2.05, 4.69) is 29.1 Å². The first-order chi connectivity index (χ1) is 20.9. The number of carbonyl (C=O) groups is 3. The lowest BCUT2D eigenvalue weighted by atomic mass is 9.70. The van der Waals surface area contributed by atoms with E-state index < -0.39 is 22.6 Å². The van der Waals surface area contributed by atoms with E-state index in [1.54, 1.807) is 22.7 Å². The molecule has 3 aliphatic heterocycles. The number of carbonyl (C=O) groups excluding carboxylic acids is 3. The Morgan fingerprint density at radius 3 is 2.40 bits per heavy atom. The first-order valence-electron chi connectivity index (χ1n) is 16.0. The largest absolute Gasteiger partial charge is 0.396 e. The quantitative estimate of drug-likeness (QED) is 0.159. The second-order valence-corrected chi connectivity index (χ2v) is 15.2. The van der Waals surface area contributed by atoms with Crippen LogP contribution in [0.25, 0.3) is 0 Å². The molecule has 3 unspecified atom stereocenters. The van der Waals surface area contributed by atoms with Crippen molar-refractivity contribution in [2.45, 2.75) is 91.1 Å². The Balaban J connectivity index is 1.51. The van der Waals surface area contributed by atoms with Crippen molar-refractivity contribution in [1.82, 2.24) is 9.80 Å². The predicted molar refractivity (Wildman–Crippen MR) is 177 cm³/mol. The lowest BCUT2D eigenvalue weighted by Crippen LogP contribution is -2.57. The minimum absolute atomic E-state index is 0.0185. The van der Waals surface area contributed by atoms with Gasteiger partial charge in [0.15, 0.2) is 0 Å². The molecule has 1 N–H and O–H groups in total. The SMILES string of the molecule is C=CCN(C(=O)[C@H]1[C@H]2C(=O)N(CCCCCCO)C(C(=O)N(CC=C)C3CCCCC3)C23CC(Br)[C@@H]1S3)c1ccccc1. The fraction of sp³-hybridized carbons (Fsp3) is 0.618. The smallest absolute Gasteiger partial charge is 0.247 e. The van der Waals surface area contributed by atoms with Gasteiger partial charge in [0, 0.05) is 48.0 Å². The summed E-state index contributed by atoms with van der Waals surface area (Å²) in [6.07, 6.45) is 12.8. The molecule has 1 aromatic rings. The summed E-state index contributed by atoms with van der Waals surface area (Å²) in [5, 5.41) is 9.15. The van der Waals surface area contributed by atoms with Crippen molar-refractivity contribution in [3.05, 3.63) is 55.6 Å². The summed E-state index contributed by atoms with van der Waals surface area (Å²) >= 11 is 5.62. The van der Waals surface area contributed by atoms with Gasteiger partial charge in [-0.2, -0.15) is 0 Å². The van der Waals surface area contributed by atoms with Gasteiger partial charge in [0.25, 0.3) is 0 Å². The van der Waals surface area contributed by atoms with Crippen molar-refractivity contribution in [1.29, 1.82) is 0 Å². The maximum Gasteiger partial charge on any atom is 0.247 e. The van der Waals surface area contributed by atoms with E-state index >= 15 is 0 Å². The van der Waals surface area contributed by atoms with E-state index in [4.69, 9.17) is 0 Å². The Labute approximate surface area is 269 Å². The molecule has 6 atom stereocenters. The molecule has 1 spiro atoms. The maximum atomic E-state index is 14.8. The fourth-order valence-corrected chi connectivity index (χ4v) is 11.6. The van der Waals surface area contributed by atoms with Crippen molar-refractivity contribution >= 4 is 51.1 Å². The van der Waals surface area contributed by atoms with Gasteiger partial charge in [-0.15, -0.1) is 24.9 Å². The first-order valence-corrected chi connectivity index (χ1v) is 17.8. The monoisotopic (exact) mass is 671 g/mol. The lowest BCUT2D eigenvalue weighted by Gasteiger charge is -2.41. The fourth-order valence-electron chi connectivity index (χ4n) is 8.03. The summed E-state index contributed by atoms with van der Waals surface area (Å²) in [5.74, 6) is -1.19. The minimum atomic E-state index is -0.664. The number of hydrogen-bond donors (Lipinski definition) is 1. The van der Waals surface area contributed by atoms with E-state index in [9.17, 15) is 19.5 Å². The molecular weight excluding hydrogens is 626 g/mol. The number of aliphatic hydroxyl groups excluding tert-OH is 1. The number of thioether (sulfide) groups is 1. The number of halogens is 1. The minimum Gasteiger partial charge on any atom is -0.396 e. The number of para-hydroxylation sites is 1. The van der Waals surface area contributed by atoms with Crippen molar-refractivity contribution in [3.8, 4) is 0 Å². The van der Waals surface area contributed by atoms with Crippen LogP contribution in [0.2, 0.25) is 0 Å². The Hall–Kier alpha value is -2.10. The van der Waals surface area contributed by atoms with Crippen molar-refractivity contribution < 1.29 is 19.5 Å². The summed E-state index contributed by atoms with van der Waals surface area (Å²) in [4.78, 5) is 49.5.